The summed E-state index contributed by atoms with van der Waals surface area (Å²) in [6.07, 6.45) is 4.19. The molecule has 3 saturated carbocycles. The van der Waals surface area contributed by atoms with Gasteiger partial charge in [0, 0.05) is 27.7 Å². The second-order valence-electron chi connectivity index (χ2n) is 6.44. The van der Waals surface area contributed by atoms with Crippen LogP contribution in [0.5, 0.6) is 0 Å². The zero-order valence-electron chi connectivity index (χ0n) is 11.0. The van der Waals surface area contributed by atoms with E-state index in [9.17, 15) is 4.79 Å². The van der Waals surface area contributed by atoms with Gasteiger partial charge in [0.25, 0.3) is 0 Å². The molecule has 1 heterocycles. The molecule has 0 spiro atoms. The fraction of sp³-hybridized carbons (Fsp3) is 0.667. The molecular formula is C15H18BrNOS. The SMILES string of the molecule is CN(Cc1cc(Br)cs1)C(=O)C1C2C3CCC(C3)C12. The number of carbonyl (C=O) groups is 1. The van der Waals surface area contributed by atoms with Crippen molar-refractivity contribution in [2.75, 3.05) is 7.05 Å². The maximum Gasteiger partial charge on any atom is 0.226 e. The molecule has 0 aromatic carbocycles. The highest BCUT2D eigenvalue weighted by molar-refractivity contribution is 9.10. The van der Waals surface area contributed by atoms with E-state index in [1.165, 1.54) is 24.1 Å². The van der Waals surface area contributed by atoms with Crippen LogP contribution in [0.3, 0.4) is 0 Å². The summed E-state index contributed by atoms with van der Waals surface area (Å²) in [5, 5.41) is 2.08. The molecule has 1 aromatic rings. The molecule has 1 amide bonds. The Morgan fingerprint density at radius 2 is 2.11 bits per heavy atom. The zero-order chi connectivity index (χ0) is 13.1. The Morgan fingerprint density at radius 1 is 1.42 bits per heavy atom. The minimum absolute atomic E-state index is 0.375. The molecule has 1 aromatic heterocycles. The molecule has 0 aliphatic heterocycles. The summed E-state index contributed by atoms with van der Waals surface area (Å²) in [6, 6.07) is 2.12. The predicted molar refractivity (Wildman–Crippen MR) is 79.8 cm³/mol. The molecular weight excluding hydrogens is 322 g/mol. The molecule has 0 N–H and O–H groups in total. The third-order valence-electron chi connectivity index (χ3n) is 5.41. The third-order valence-corrected chi connectivity index (χ3v) is 7.09. The average molecular weight is 340 g/mol. The first kappa shape index (κ1) is 12.4. The topological polar surface area (TPSA) is 20.3 Å². The normalized spacial score (nSPS) is 38.3. The maximum absolute atomic E-state index is 12.6. The first-order valence-electron chi connectivity index (χ1n) is 7.13. The first-order chi connectivity index (χ1) is 9.15. The van der Waals surface area contributed by atoms with Gasteiger partial charge in [-0.25, -0.2) is 0 Å². The lowest BCUT2D eigenvalue weighted by Crippen LogP contribution is -2.29. The molecule has 4 rings (SSSR count). The van der Waals surface area contributed by atoms with E-state index in [2.05, 4.69) is 27.4 Å². The van der Waals surface area contributed by atoms with E-state index in [1.54, 1.807) is 11.3 Å². The lowest BCUT2D eigenvalue weighted by atomic mass is 10.0. The van der Waals surface area contributed by atoms with Gasteiger partial charge in [-0.05, 0) is 64.9 Å². The van der Waals surface area contributed by atoms with Crippen LogP contribution in [-0.2, 0) is 11.3 Å². The van der Waals surface area contributed by atoms with Crippen LogP contribution in [0.2, 0.25) is 0 Å². The molecule has 2 nitrogen and oxygen atoms in total. The van der Waals surface area contributed by atoms with E-state index in [0.717, 1.165) is 34.7 Å². The second kappa shape index (κ2) is 4.32. The van der Waals surface area contributed by atoms with Gasteiger partial charge in [0.2, 0.25) is 5.91 Å². The van der Waals surface area contributed by atoms with Gasteiger partial charge in [-0.1, -0.05) is 0 Å². The highest BCUT2D eigenvalue weighted by Gasteiger charge is 2.67. The van der Waals surface area contributed by atoms with Crippen molar-refractivity contribution in [3.05, 3.63) is 20.8 Å². The molecule has 0 saturated heterocycles. The predicted octanol–water partition coefficient (Wildman–Crippen LogP) is 3.76. The number of hydrogen-bond acceptors (Lipinski definition) is 2. The summed E-state index contributed by atoms with van der Waals surface area (Å²) in [4.78, 5) is 15.8. The van der Waals surface area contributed by atoms with Gasteiger partial charge in [-0.2, -0.15) is 0 Å². The van der Waals surface area contributed by atoms with Crippen LogP contribution in [0.4, 0.5) is 0 Å². The van der Waals surface area contributed by atoms with Crippen molar-refractivity contribution in [1.82, 2.24) is 4.90 Å². The molecule has 4 unspecified atom stereocenters. The molecule has 102 valence electrons. The molecule has 3 fully saturated rings. The smallest absolute Gasteiger partial charge is 0.226 e. The highest BCUT2D eigenvalue weighted by Crippen LogP contribution is 2.69. The van der Waals surface area contributed by atoms with Crippen molar-refractivity contribution in [3.63, 3.8) is 0 Å². The number of hydrogen-bond donors (Lipinski definition) is 0. The Kier molecular flexibility index (Phi) is 2.82. The van der Waals surface area contributed by atoms with Crippen LogP contribution >= 0.6 is 27.3 Å². The Hall–Kier alpha value is -0.350. The summed E-state index contributed by atoms with van der Waals surface area (Å²) < 4.78 is 1.12. The van der Waals surface area contributed by atoms with E-state index < -0.39 is 0 Å². The van der Waals surface area contributed by atoms with E-state index in [4.69, 9.17) is 0 Å². The van der Waals surface area contributed by atoms with Gasteiger partial charge in [0.1, 0.15) is 0 Å². The number of thiophene rings is 1. The van der Waals surface area contributed by atoms with Gasteiger partial charge in [-0.3, -0.25) is 4.79 Å². The van der Waals surface area contributed by atoms with Crippen LogP contribution in [0.15, 0.2) is 15.9 Å². The quantitative estimate of drug-likeness (QED) is 0.820. The van der Waals surface area contributed by atoms with E-state index in [1.807, 2.05) is 11.9 Å². The van der Waals surface area contributed by atoms with Crippen molar-refractivity contribution >= 4 is 33.2 Å². The van der Waals surface area contributed by atoms with Crippen molar-refractivity contribution in [3.8, 4) is 0 Å². The lowest BCUT2D eigenvalue weighted by Gasteiger charge is -2.18. The number of fused-ring (bicyclic) bond motifs is 5. The van der Waals surface area contributed by atoms with Crippen LogP contribution in [0, 0.1) is 29.6 Å². The van der Waals surface area contributed by atoms with Crippen molar-refractivity contribution in [2.45, 2.75) is 25.8 Å². The zero-order valence-corrected chi connectivity index (χ0v) is 13.4. The van der Waals surface area contributed by atoms with E-state index in [0.29, 0.717) is 11.8 Å². The number of halogens is 1. The van der Waals surface area contributed by atoms with Crippen LogP contribution in [0.25, 0.3) is 0 Å². The summed E-state index contributed by atoms with van der Waals surface area (Å²) in [7, 11) is 1.96. The van der Waals surface area contributed by atoms with Gasteiger partial charge >= 0.3 is 0 Å². The molecule has 3 aliphatic carbocycles. The van der Waals surface area contributed by atoms with Gasteiger partial charge < -0.3 is 4.90 Å². The van der Waals surface area contributed by atoms with Crippen molar-refractivity contribution in [2.24, 2.45) is 29.6 Å². The largest absolute Gasteiger partial charge is 0.340 e. The highest BCUT2D eigenvalue weighted by atomic mass is 79.9. The molecule has 4 heteroatoms. The summed E-state index contributed by atoms with van der Waals surface area (Å²) >= 11 is 5.19. The molecule has 4 atom stereocenters. The molecule has 0 radical (unpaired) electrons. The van der Waals surface area contributed by atoms with Crippen molar-refractivity contribution in [1.29, 1.82) is 0 Å². The van der Waals surface area contributed by atoms with Crippen molar-refractivity contribution < 1.29 is 4.79 Å². The van der Waals surface area contributed by atoms with Crippen LogP contribution < -0.4 is 0 Å². The molecule has 19 heavy (non-hydrogen) atoms. The second-order valence-corrected chi connectivity index (χ2v) is 8.35. The van der Waals surface area contributed by atoms with E-state index in [-0.39, 0.29) is 0 Å². The van der Waals surface area contributed by atoms with Gasteiger partial charge in [-0.15, -0.1) is 11.3 Å². The molecule has 2 bridgehead atoms. The monoisotopic (exact) mass is 339 g/mol. The van der Waals surface area contributed by atoms with Crippen LogP contribution in [0.1, 0.15) is 24.1 Å². The number of rotatable bonds is 3. The van der Waals surface area contributed by atoms with Crippen LogP contribution in [-0.4, -0.2) is 17.9 Å². The number of carbonyl (C=O) groups excluding carboxylic acids is 1. The van der Waals surface area contributed by atoms with E-state index >= 15 is 0 Å². The minimum Gasteiger partial charge on any atom is -0.340 e. The standard InChI is InChI=1S/C15H18BrNOS/c1-17(6-11-5-10(16)7-19-11)15(18)14-12-8-2-3-9(4-8)13(12)14/h5,7-9,12-14H,2-4,6H2,1H3. The Bertz CT molecular complexity index is 512. The Morgan fingerprint density at radius 3 is 2.68 bits per heavy atom. The fourth-order valence-electron chi connectivity index (χ4n) is 4.66. The first-order valence-corrected chi connectivity index (χ1v) is 8.80. The lowest BCUT2D eigenvalue weighted by molar-refractivity contribution is -0.132. The van der Waals surface area contributed by atoms with Gasteiger partial charge in [0.05, 0.1) is 6.54 Å². The minimum atomic E-state index is 0.375. The number of amides is 1. The van der Waals surface area contributed by atoms with Gasteiger partial charge in [0.15, 0.2) is 0 Å². The summed E-state index contributed by atoms with van der Waals surface area (Å²) in [5.74, 6) is 4.05. The average Bonchev–Trinajstić information content (AvgIpc) is 2.73. The summed E-state index contributed by atoms with van der Waals surface area (Å²) in [6.45, 7) is 0.764. The third kappa shape index (κ3) is 1.90. The molecule has 3 aliphatic rings. The Labute approximate surface area is 126 Å². The fourth-order valence-corrected chi connectivity index (χ4v) is 6.16. The Balaban J connectivity index is 1.42. The summed E-state index contributed by atoms with van der Waals surface area (Å²) in [5.41, 5.74) is 0. The number of nitrogens with zero attached hydrogens (tertiary/aromatic N) is 1. The maximum atomic E-state index is 12.6.